The van der Waals surface area contributed by atoms with Crippen LogP contribution >= 0.6 is 0 Å². The summed E-state index contributed by atoms with van der Waals surface area (Å²) in [5.41, 5.74) is 8.27. The molecule has 0 spiro atoms. The standard InChI is InChI=1S/C14H22N4O2/c1-10-9-18(6-7-19-10)14(15)16-8-12-11-4-2-3-5-13(11)20-17-12/h10H,2-9H2,1H3,(H2,15,16). The highest BCUT2D eigenvalue weighted by molar-refractivity contribution is 5.78. The van der Waals surface area contributed by atoms with E-state index in [4.69, 9.17) is 15.0 Å². The Morgan fingerprint density at radius 3 is 3.15 bits per heavy atom. The molecule has 0 saturated carbocycles. The van der Waals surface area contributed by atoms with Crippen LogP contribution in [0.3, 0.4) is 0 Å². The quantitative estimate of drug-likeness (QED) is 0.647. The van der Waals surface area contributed by atoms with E-state index < -0.39 is 0 Å². The first-order valence-corrected chi connectivity index (χ1v) is 7.37. The van der Waals surface area contributed by atoms with Gasteiger partial charge in [0.25, 0.3) is 0 Å². The zero-order chi connectivity index (χ0) is 13.9. The molecule has 6 heteroatoms. The molecule has 3 rings (SSSR count). The van der Waals surface area contributed by atoms with Crippen molar-refractivity contribution in [2.75, 3.05) is 19.7 Å². The number of aliphatic imine (C=N–C) groups is 1. The van der Waals surface area contributed by atoms with Gasteiger partial charge in [0.05, 0.1) is 19.3 Å². The van der Waals surface area contributed by atoms with Crippen LogP contribution in [0.5, 0.6) is 0 Å². The fraction of sp³-hybridized carbons (Fsp3) is 0.714. The van der Waals surface area contributed by atoms with Crippen LogP contribution in [0.25, 0.3) is 0 Å². The van der Waals surface area contributed by atoms with E-state index in [1.165, 1.54) is 18.4 Å². The molecule has 1 fully saturated rings. The van der Waals surface area contributed by atoms with Crippen LogP contribution in [0.2, 0.25) is 0 Å². The first-order valence-electron chi connectivity index (χ1n) is 7.37. The summed E-state index contributed by atoms with van der Waals surface area (Å²) in [5.74, 6) is 1.62. The molecule has 0 radical (unpaired) electrons. The summed E-state index contributed by atoms with van der Waals surface area (Å²) in [6, 6.07) is 0. The second-order valence-electron chi connectivity index (χ2n) is 5.54. The molecular formula is C14H22N4O2. The van der Waals surface area contributed by atoms with E-state index in [1.54, 1.807) is 0 Å². The SMILES string of the molecule is CC1CN(C(N)=NCc2noc3c2CCCC3)CCO1. The second kappa shape index (κ2) is 5.83. The highest BCUT2D eigenvalue weighted by Crippen LogP contribution is 2.24. The summed E-state index contributed by atoms with van der Waals surface area (Å²) in [6.45, 7) is 4.86. The molecule has 1 unspecified atom stereocenters. The van der Waals surface area contributed by atoms with E-state index in [9.17, 15) is 0 Å². The van der Waals surface area contributed by atoms with Crippen LogP contribution in [0, 0.1) is 0 Å². The molecule has 1 atom stereocenters. The van der Waals surface area contributed by atoms with E-state index in [2.05, 4.69) is 15.0 Å². The van der Waals surface area contributed by atoms with Gasteiger partial charge in [0, 0.05) is 25.1 Å². The van der Waals surface area contributed by atoms with Crippen molar-refractivity contribution < 1.29 is 9.26 Å². The van der Waals surface area contributed by atoms with Crippen LogP contribution in [0.15, 0.2) is 9.52 Å². The Labute approximate surface area is 119 Å². The maximum absolute atomic E-state index is 6.07. The van der Waals surface area contributed by atoms with Crippen molar-refractivity contribution in [3.05, 3.63) is 17.0 Å². The number of ether oxygens (including phenoxy) is 1. The molecule has 20 heavy (non-hydrogen) atoms. The van der Waals surface area contributed by atoms with E-state index in [0.717, 1.165) is 37.4 Å². The normalized spacial score (nSPS) is 23.8. The molecule has 110 valence electrons. The largest absolute Gasteiger partial charge is 0.375 e. The maximum atomic E-state index is 6.07. The molecule has 0 aromatic carbocycles. The molecule has 1 aromatic rings. The van der Waals surface area contributed by atoms with Gasteiger partial charge in [-0.05, 0) is 26.2 Å². The Morgan fingerprint density at radius 1 is 1.45 bits per heavy atom. The highest BCUT2D eigenvalue weighted by Gasteiger charge is 2.20. The molecule has 1 aromatic heterocycles. The summed E-state index contributed by atoms with van der Waals surface area (Å²) in [6.07, 6.45) is 4.66. The zero-order valence-corrected chi connectivity index (χ0v) is 12.0. The molecule has 2 aliphatic rings. The number of morpholine rings is 1. The van der Waals surface area contributed by atoms with Gasteiger partial charge in [-0.2, -0.15) is 0 Å². The predicted octanol–water partition coefficient (Wildman–Crippen LogP) is 1.09. The second-order valence-corrected chi connectivity index (χ2v) is 5.54. The Kier molecular flexibility index (Phi) is 3.91. The zero-order valence-electron chi connectivity index (χ0n) is 12.0. The van der Waals surface area contributed by atoms with Crippen molar-refractivity contribution in [2.45, 2.75) is 45.3 Å². The third-order valence-corrected chi connectivity index (χ3v) is 3.99. The minimum atomic E-state index is 0.206. The maximum Gasteiger partial charge on any atom is 0.191 e. The topological polar surface area (TPSA) is 76.9 Å². The van der Waals surface area contributed by atoms with Crippen molar-refractivity contribution >= 4 is 5.96 Å². The lowest BCUT2D eigenvalue weighted by Gasteiger charge is -2.31. The van der Waals surface area contributed by atoms with Crippen LogP contribution in [0.1, 0.15) is 36.8 Å². The van der Waals surface area contributed by atoms with Crippen LogP contribution in [0.4, 0.5) is 0 Å². The fourth-order valence-corrected chi connectivity index (χ4v) is 2.86. The number of guanidine groups is 1. The van der Waals surface area contributed by atoms with Crippen molar-refractivity contribution in [3.63, 3.8) is 0 Å². The first-order chi connectivity index (χ1) is 9.74. The van der Waals surface area contributed by atoms with Gasteiger partial charge in [-0.25, -0.2) is 4.99 Å². The lowest BCUT2D eigenvalue weighted by atomic mass is 9.96. The minimum absolute atomic E-state index is 0.206. The average molecular weight is 278 g/mol. The van der Waals surface area contributed by atoms with E-state index >= 15 is 0 Å². The molecule has 2 heterocycles. The third kappa shape index (κ3) is 2.80. The van der Waals surface area contributed by atoms with E-state index in [0.29, 0.717) is 19.1 Å². The van der Waals surface area contributed by atoms with Gasteiger partial charge < -0.3 is 19.9 Å². The molecule has 0 amide bonds. The smallest absolute Gasteiger partial charge is 0.191 e. The monoisotopic (exact) mass is 278 g/mol. The van der Waals surface area contributed by atoms with Crippen molar-refractivity contribution in [1.82, 2.24) is 10.1 Å². The fourth-order valence-electron chi connectivity index (χ4n) is 2.86. The van der Waals surface area contributed by atoms with E-state index in [-0.39, 0.29) is 6.10 Å². The summed E-state index contributed by atoms with van der Waals surface area (Å²) >= 11 is 0. The van der Waals surface area contributed by atoms with E-state index in [1.807, 2.05) is 6.92 Å². The number of aryl methyl sites for hydroxylation is 1. The number of hydrogen-bond donors (Lipinski definition) is 1. The highest BCUT2D eigenvalue weighted by atomic mass is 16.5. The molecule has 1 saturated heterocycles. The summed E-state index contributed by atoms with van der Waals surface area (Å²) in [5, 5.41) is 4.15. The van der Waals surface area contributed by atoms with Gasteiger partial charge in [0.2, 0.25) is 0 Å². The average Bonchev–Trinajstić information content (AvgIpc) is 2.88. The van der Waals surface area contributed by atoms with Crippen molar-refractivity contribution in [1.29, 1.82) is 0 Å². The molecule has 1 aliphatic carbocycles. The number of rotatable bonds is 2. The summed E-state index contributed by atoms with van der Waals surface area (Å²) < 4.78 is 10.9. The Balaban J connectivity index is 1.65. The van der Waals surface area contributed by atoms with Gasteiger partial charge in [-0.1, -0.05) is 5.16 Å². The summed E-state index contributed by atoms with van der Waals surface area (Å²) in [4.78, 5) is 6.55. The number of nitrogens with zero attached hydrogens (tertiary/aromatic N) is 3. The number of aromatic nitrogens is 1. The number of hydrogen-bond acceptors (Lipinski definition) is 4. The molecule has 2 N–H and O–H groups in total. The van der Waals surface area contributed by atoms with Gasteiger partial charge in [0.1, 0.15) is 11.5 Å². The van der Waals surface area contributed by atoms with Gasteiger partial charge in [0.15, 0.2) is 5.96 Å². The molecular weight excluding hydrogens is 256 g/mol. The Hall–Kier alpha value is -1.56. The lowest BCUT2D eigenvalue weighted by Crippen LogP contribution is -2.47. The number of fused-ring (bicyclic) bond motifs is 1. The molecule has 0 bridgehead atoms. The summed E-state index contributed by atoms with van der Waals surface area (Å²) in [7, 11) is 0. The van der Waals surface area contributed by atoms with Crippen LogP contribution in [-0.2, 0) is 24.1 Å². The van der Waals surface area contributed by atoms with Gasteiger partial charge in [-0.15, -0.1) is 0 Å². The minimum Gasteiger partial charge on any atom is -0.375 e. The van der Waals surface area contributed by atoms with Crippen molar-refractivity contribution in [2.24, 2.45) is 10.7 Å². The Bertz CT molecular complexity index is 497. The predicted molar refractivity (Wildman–Crippen MR) is 75.5 cm³/mol. The van der Waals surface area contributed by atoms with Gasteiger partial charge in [-0.3, -0.25) is 0 Å². The van der Waals surface area contributed by atoms with Gasteiger partial charge >= 0.3 is 0 Å². The first kappa shape index (κ1) is 13.4. The van der Waals surface area contributed by atoms with Crippen molar-refractivity contribution in [3.8, 4) is 0 Å². The number of nitrogens with two attached hydrogens (primary N) is 1. The molecule has 6 nitrogen and oxygen atoms in total. The molecule has 1 aliphatic heterocycles. The lowest BCUT2D eigenvalue weighted by molar-refractivity contribution is 0.00528. The Morgan fingerprint density at radius 2 is 2.30 bits per heavy atom. The van der Waals surface area contributed by atoms with Crippen LogP contribution < -0.4 is 5.73 Å². The third-order valence-electron chi connectivity index (χ3n) is 3.99. The van der Waals surface area contributed by atoms with Crippen LogP contribution in [-0.4, -0.2) is 41.8 Å².